The Kier molecular flexibility index (Phi) is 5.83. The number of anilines is 1. The number of nitrogens with two attached hydrogens (primary N) is 1. The first kappa shape index (κ1) is 20.1. The van der Waals surface area contributed by atoms with E-state index in [-0.39, 0.29) is 5.54 Å². The molecule has 6 heteroatoms. The van der Waals surface area contributed by atoms with Gasteiger partial charge in [-0.05, 0) is 56.9 Å². The average Bonchev–Trinajstić information content (AvgIpc) is 2.66. The summed E-state index contributed by atoms with van der Waals surface area (Å²) in [5.74, 6) is 0.660. The number of fused-ring (bicyclic) bond motifs is 1. The normalized spacial score (nSPS) is 11.4. The third-order valence-electron chi connectivity index (χ3n) is 4.67. The Morgan fingerprint density at radius 1 is 1.14 bits per heavy atom. The number of rotatable bonds is 6. The van der Waals surface area contributed by atoms with Gasteiger partial charge in [0, 0.05) is 27.9 Å². The minimum absolute atomic E-state index is 0.272. The molecule has 0 aliphatic heterocycles. The number of hydrogen-bond acceptors (Lipinski definition) is 4. The van der Waals surface area contributed by atoms with Crippen molar-refractivity contribution in [2.75, 3.05) is 5.32 Å². The van der Waals surface area contributed by atoms with Crippen molar-refractivity contribution in [3.63, 3.8) is 0 Å². The monoisotopic (exact) mass is 393 g/mol. The van der Waals surface area contributed by atoms with Crippen LogP contribution in [0, 0.1) is 13.5 Å². The standard InChI is InChI=1S/C22H24ClN5/c1-14-5-6-15(11-19(14)23)13-26-21-18-12-16(25-4)7-8-17(18)20(27-28-21)9-10-22(2,3)24/h5-8,11-12H,9-10,13,24H2,1-3H3,(H,26,28). The summed E-state index contributed by atoms with van der Waals surface area (Å²) >= 11 is 6.22. The fraction of sp³-hybridized carbons (Fsp3) is 0.318. The van der Waals surface area contributed by atoms with Gasteiger partial charge in [-0.2, -0.15) is 5.10 Å². The van der Waals surface area contributed by atoms with Crippen molar-refractivity contribution in [3.05, 3.63) is 69.7 Å². The Balaban J connectivity index is 1.93. The Bertz CT molecular complexity index is 1050. The van der Waals surface area contributed by atoms with Crippen molar-refractivity contribution >= 4 is 33.9 Å². The SMILES string of the molecule is [C-]#[N+]c1ccc2c(CCC(C)(C)N)nnc(NCc3ccc(C)c(Cl)c3)c2c1. The minimum Gasteiger partial charge on any atom is -0.364 e. The third kappa shape index (κ3) is 4.78. The van der Waals surface area contributed by atoms with Crippen LogP contribution in [-0.2, 0) is 13.0 Å². The first-order chi connectivity index (χ1) is 13.3. The van der Waals surface area contributed by atoms with E-state index in [1.165, 1.54) is 0 Å². The number of hydrogen-bond donors (Lipinski definition) is 2. The number of aromatic nitrogens is 2. The molecule has 0 fully saturated rings. The van der Waals surface area contributed by atoms with E-state index in [1.807, 2.05) is 57.2 Å². The van der Waals surface area contributed by atoms with Gasteiger partial charge in [-0.1, -0.05) is 35.9 Å². The lowest BCUT2D eigenvalue weighted by Gasteiger charge is -2.18. The largest absolute Gasteiger partial charge is 0.364 e. The zero-order chi connectivity index (χ0) is 20.3. The molecular formula is C22H24ClN5. The van der Waals surface area contributed by atoms with E-state index < -0.39 is 0 Å². The number of nitrogens with zero attached hydrogens (tertiary/aromatic N) is 3. The molecule has 0 spiro atoms. The molecule has 3 N–H and O–H groups in total. The second-order valence-corrected chi connectivity index (χ2v) is 8.17. The summed E-state index contributed by atoms with van der Waals surface area (Å²) in [5.41, 5.74) is 9.43. The second kappa shape index (κ2) is 8.14. The summed E-state index contributed by atoms with van der Waals surface area (Å²) in [6.45, 7) is 13.9. The highest BCUT2D eigenvalue weighted by molar-refractivity contribution is 6.31. The van der Waals surface area contributed by atoms with Crippen LogP contribution in [0.2, 0.25) is 5.02 Å². The smallest absolute Gasteiger partial charge is 0.188 e. The van der Waals surface area contributed by atoms with Gasteiger partial charge in [0.15, 0.2) is 11.5 Å². The predicted molar refractivity (Wildman–Crippen MR) is 116 cm³/mol. The van der Waals surface area contributed by atoms with E-state index in [4.69, 9.17) is 23.9 Å². The van der Waals surface area contributed by atoms with Gasteiger partial charge in [0.1, 0.15) is 0 Å². The van der Waals surface area contributed by atoms with Crippen molar-refractivity contribution < 1.29 is 0 Å². The lowest BCUT2D eigenvalue weighted by Crippen LogP contribution is -2.32. The van der Waals surface area contributed by atoms with Gasteiger partial charge in [0.2, 0.25) is 0 Å². The van der Waals surface area contributed by atoms with E-state index in [0.29, 0.717) is 18.1 Å². The average molecular weight is 394 g/mol. The molecule has 2 aromatic carbocycles. The lowest BCUT2D eigenvalue weighted by molar-refractivity contribution is 0.474. The Labute approximate surface area is 170 Å². The van der Waals surface area contributed by atoms with Crippen molar-refractivity contribution in [2.24, 2.45) is 5.73 Å². The van der Waals surface area contributed by atoms with Gasteiger partial charge in [-0.15, -0.1) is 5.10 Å². The van der Waals surface area contributed by atoms with Crippen LogP contribution in [0.4, 0.5) is 11.5 Å². The van der Waals surface area contributed by atoms with Gasteiger partial charge in [0.25, 0.3) is 0 Å². The summed E-state index contributed by atoms with van der Waals surface area (Å²) in [6.07, 6.45) is 1.54. The lowest BCUT2D eigenvalue weighted by atomic mass is 9.97. The predicted octanol–water partition coefficient (Wildman–Crippen LogP) is 5.42. The van der Waals surface area contributed by atoms with Gasteiger partial charge in [-0.3, -0.25) is 0 Å². The fourth-order valence-electron chi connectivity index (χ4n) is 2.96. The molecule has 5 nitrogen and oxygen atoms in total. The molecule has 1 heterocycles. The van der Waals surface area contributed by atoms with Gasteiger partial charge in [0.05, 0.1) is 12.3 Å². The summed E-state index contributed by atoms with van der Waals surface area (Å²) in [6, 6.07) is 11.6. The molecule has 0 radical (unpaired) electrons. The third-order valence-corrected chi connectivity index (χ3v) is 5.08. The summed E-state index contributed by atoms with van der Waals surface area (Å²) in [5, 5.41) is 14.8. The van der Waals surface area contributed by atoms with E-state index in [2.05, 4.69) is 20.4 Å². The highest BCUT2D eigenvalue weighted by Crippen LogP contribution is 2.29. The Morgan fingerprint density at radius 3 is 2.61 bits per heavy atom. The molecule has 0 aliphatic rings. The molecule has 0 atom stereocenters. The summed E-state index contributed by atoms with van der Waals surface area (Å²) in [7, 11) is 0. The number of aryl methyl sites for hydroxylation is 2. The van der Waals surface area contributed by atoms with Crippen LogP contribution in [0.3, 0.4) is 0 Å². The zero-order valence-electron chi connectivity index (χ0n) is 16.4. The van der Waals surface area contributed by atoms with E-state index in [1.54, 1.807) is 0 Å². The van der Waals surface area contributed by atoms with Gasteiger partial charge < -0.3 is 11.1 Å². The number of nitrogens with one attached hydrogen (secondary N) is 1. The Hall–Kier alpha value is -2.68. The van der Waals surface area contributed by atoms with Crippen LogP contribution in [-0.4, -0.2) is 15.7 Å². The minimum atomic E-state index is -0.272. The van der Waals surface area contributed by atoms with Crippen molar-refractivity contribution in [2.45, 2.75) is 45.7 Å². The molecule has 28 heavy (non-hydrogen) atoms. The topological polar surface area (TPSA) is 68.2 Å². The van der Waals surface area contributed by atoms with Crippen LogP contribution in [0.1, 0.15) is 37.1 Å². The van der Waals surface area contributed by atoms with Crippen molar-refractivity contribution in [3.8, 4) is 0 Å². The highest BCUT2D eigenvalue weighted by Gasteiger charge is 2.15. The maximum atomic E-state index is 7.32. The fourth-order valence-corrected chi connectivity index (χ4v) is 3.16. The molecule has 0 aliphatic carbocycles. The molecule has 144 valence electrons. The molecule has 0 bridgehead atoms. The molecule has 0 saturated heterocycles. The first-order valence-corrected chi connectivity index (χ1v) is 9.59. The van der Waals surface area contributed by atoms with Gasteiger partial charge in [-0.25, -0.2) is 4.85 Å². The molecule has 3 aromatic rings. The van der Waals surface area contributed by atoms with Crippen molar-refractivity contribution in [1.29, 1.82) is 0 Å². The Morgan fingerprint density at radius 2 is 1.93 bits per heavy atom. The molecule has 0 amide bonds. The van der Waals surface area contributed by atoms with Gasteiger partial charge >= 0.3 is 0 Å². The molecule has 0 saturated carbocycles. The quantitative estimate of drug-likeness (QED) is 0.548. The van der Waals surface area contributed by atoms with Crippen LogP contribution in [0.15, 0.2) is 36.4 Å². The molecule has 1 aromatic heterocycles. The zero-order valence-corrected chi connectivity index (χ0v) is 17.1. The first-order valence-electron chi connectivity index (χ1n) is 9.21. The molecular weight excluding hydrogens is 370 g/mol. The van der Waals surface area contributed by atoms with E-state index in [9.17, 15) is 0 Å². The highest BCUT2D eigenvalue weighted by atomic mass is 35.5. The summed E-state index contributed by atoms with van der Waals surface area (Å²) in [4.78, 5) is 3.55. The second-order valence-electron chi connectivity index (χ2n) is 7.76. The van der Waals surface area contributed by atoms with Crippen molar-refractivity contribution in [1.82, 2.24) is 10.2 Å². The molecule has 0 unspecified atom stereocenters. The van der Waals surface area contributed by atoms with E-state index >= 15 is 0 Å². The van der Waals surface area contributed by atoms with Crippen LogP contribution in [0.25, 0.3) is 15.6 Å². The van der Waals surface area contributed by atoms with E-state index in [0.717, 1.165) is 45.5 Å². The molecule has 3 rings (SSSR count). The number of benzene rings is 2. The summed E-state index contributed by atoms with van der Waals surface area (Å²) < 4.78 is 0. The van der Waals surface area contributed by atoms with Crippen LogP contribution in [0.5, 0.6) is 0 Å². The number of halogens is 1. The maximum absolute atomic E-state index is 7.32. The van der Waals surface area contributed by atoms with Crippen LogP contribution >= 0.6 is 11.6 Å². The van der Waals surface area contributed by atoms with Crippen LogP contribution < -0.4 is 11.1 Å². The maximum Gasteiger partial charge on any atom is 0.188 e.